The fourth-order valence-electron chi connectivity index (χ4n) is 6.77. The predicted octanol–water partition coefficient (Wildman–Crippen LogP) is 11.1. The smallest absolute Gasteiger partial charge is 0.0355 e. The molecule has 0 N–H and O–H groups in total. The molecule has 7 aromatic carbocycles. The first kappa shape index (κ1) is 26.4. The Kier molecular flexibility index (Phi) is 6.47. The minimum Gasteiger partial charge on any atom is -0.135 e. The topological polar surface area (TPSA) is 0 Å². The number of allylic oxidation sites excluding steroid dienone is 1. The van der Waals surface area contributed by atoms with Crippen molar-refractivity contribution in [2.75, 3.05) is 0 Å². The minimum absolute atomic E-state index is 1.20. The van der Waals surface area contributed by atoms with Gasteiger partial charge in [0.2, 0.25) is 0 Å². The lowest BCUT2D eigenvalue weighted by molar-refractivity contribution is 1.51. The van der Waals surface area contributed by atoms with Gasteiger partial charge in [0.15, 0.2) is 0 Å². The Morgan fingerprint density at radius 3 is 1.82 bits per heavy atom. The van der Waals surface area contributed by atoms with E-state index in [9.17, 15) is 0 Å². The molecular formula is C43H30S. The highest BCUT2D eigenvalue weighted by Crippen LogP contribution is 2.37. The van der Waals surface area contributed by atoms with E-state index in [1.165, 1.54) is 85.5 Å². The third kappa shape index (κ3) is 4.28. The van der Waals surface area contributed by atoms with Gasteiger partial charge in [-0.15, -0.1) is 11.3 Å². The minimum atomic E-state index is 1.20. The number of hydrogen-bond donors (Lipinski definition) is 0. The van der Waals surface area contributed by atoms with E-state index in [-0.39, 0.29) is 0 Å². The van der Waals surface area contributed by atoms with Crippen LogP contribution >= 0.6 is 11.3 Å². The van der Waals surface area contributed by atoms with Gasteiger partial charge in [-0.3, -0.25) is 0 Å². The van der Waals surface area contributed by atoms with Gasteiger partial charge in [-0.05, 0) is 96.6 Å². The van der Waals surface area contributed by atoms with E-state index in [0.29, 0.717) is 0 Å². The first-order chi connectivity index (χ1) is 21.7. The summed E-state index contributed by atoms with van der Waals surface area (Å²) in [6.45, 7) is 6.26. The molecule has 0 aliphatic rings. The molecule has 0 bridgehead atoms. The van der Waals surface area contributed by atoms with Crippen molar-refractivity contribution in [3.63, 3.8) is 0 Å². The van der Waals surface area contributed by atoms with Gasteiger partial charge in [0.1, 0.15) is 0 Å². The van der Waals surface area contributed by atoms with Gasteiger partial charge < -0.3 is 0 Å². The zero-order valence-corrected chi connectivity index (χ0v) is 25.4. The highest BCUT2D eigenvalue weighted by molar-refractivity contribution is 7.25. The first-order valence-corrected chi connectivity index (χ1v) is 15.9. The van der Waals surface area contributed by atoms with Crippen molar-refractivity contribution in [1.82, 2.24) is 0 Å². The molecule has 0 fully saturated rings. The van der Waals surface area contributed by atoms with Crippen molar-refractivity contribution in [2.24, 2.45) is 0 Å². The van der Waals surface area contributed by atoms with Crippen LogP contribution in [-0.4, -0.2) is 0 Å². The summed E-state index contributed by atoms with van der Waals surface area (Å²) in [5, 5.41) is 10.1. The third-order valence-electron chi connectivity index (χ3n) is 8.79. The summed E-state index contributed by atoms with van der Waals surface area (Å²) >= 11 is 1.86. The molecule has 8 aromatic rings. The monoisotopic (exact) mass is 578 g/mol. The summed E-state index contributed by atoms with van der Waals surface area (Å²) < 4.78 is 2.67. The van der Waals surface area contributed by atoms with Gasteiger partial charge in [-0.1, -0.05) is 134 Å². The Hall–Kier alpha value is -5.24. The summed E-state index contributed by atoms with van der Waals surface area (Å²) in [7, 11) is 0. The Morgan fingerprint density at radius 2 is 1.07 bits per heavy atom. The Bertz CT molecular complexity index is 2510. The van der Waals surface area contributed by atoms with Crippen LogP contribution in [0.15, 0.2) is 146 Å². The first-order valence-electron chi connectivity index (χ1n) is 15.1. The highest BCUT2D eigenvalue weighted by atomic mass is 32.1. The molecular weight excluding hydrogens is 549 g/mol. The zero-order valence-electron chi connectivity index (χ0n) is 24.5. The summed E-state index contributed by atoms with van der Waals surface area (Å²) in [6.07, 6.45) is 6.34. The number of fused-ring (bicyclic) bond motifs is 5. The SMILES string of the molecule is C=C/C=c1/c(-c2ccc3ccccc3c2)c2ccccc2c(-c2ccc(-c3ccc4sc5ccccc5c4c3)cc2)/c1=C/C. The molecule has 1 aromatic heterocycles. The van der Waals surface area contributed by atoms with Crippen LogP contribution in [-0.2, 0) is 0 Å². The lowest BCUT2D eigenvalue weighted by Gasteiger charge is -2.16. The van der Waals surface area contributed by atoms with Crippen molar-refractivity contribution in [2.45, 2.75) is 6.92 Å². The molecule has 208 valence electrons. The van der Waals surface area contributed by atoms with Crippen LogP contribution in [0.5, 0.6) is 0 Å². The standard InChI is InChI=1S/C43H30S/c1-3-11-36-34(4-2)42(37-15-7-8-16-38(37)43(36)33-23-20-28-12-5-6-13-31(28)26-33)30-21-18-29(19-22-30)32-24-25-41-39(27-32)35-14-9-10-17-40(35)44-41/h3-27H,1H2,2H3/b34-4+,36-11+. The van der Waals surface area contributed by atoms with Crippen molar-refractivity contribution in [3.05, 3.63) is 157 Å². The number of rotatable bonds is 4. The van der Waals surface area contributed by atoms with Crippen LogP contribution in [0.25, 0.3) is 87.2 Å². The normalized spacial score (nSPS) is 12.6. The molecule has 0 radical (unpaired) electrons. The molecule has 1 heteroatoms. The van der Waals surface area contributed by atoms with E-state index in [0.717, 1.165) is 0 Å². The average Bonchev–Trinajstić information content (AvgIpc) is 3.46. The summed E-state index contributed by atoms with van der Waals surface area (Å²) in [5.74, 6) is 0. The molecule has 0 saturated heterocycles. The fraction of sp³-hybridized carbons (Fsp3) is 0.0233. The second kappa shape index (κ2) is 10.8. The predicted molar refractivity (Wildman–Crippen MR) is 195 cm³/mol. The summed E-state index contributed by atoms with van der Waals surface area (Å²) in [5.41, 5.74) is 7.40. The lowest BCUT2D eigenvalue weighted by atomic mass is 9.87. The maximum Gasteiger partial charge on any atom is 0.0355 e. The van der Waals surface area contributed by atoms with E-state index in [2.05, 4.69) is 159 Å². The van der Waals surface area contributed by atoms with E-state index in [4.69, 9.17) is 0 Å². The largest absolute Gasteiger partial charge is 0.135 e. The fourth-order valence-corrected chi connectivity index (χ4v) is 7.86. The average molecular weight is 579 g/mol. The molecule has 0 aliphatic carbocycles. The number of benzene rings is 7. The maximum absolute atomic E-state index is 4.11. The van der Waals surface area contributed by atoms with Crippen LogP contribution in [0.2, 0.25) is 0 Å². The molecule has 0 aliphatic heterocycles. The Balaban J connectivity index is 1.33. The molecule has 0 unspecified atom stereocenters. The summed E-state index contributed by atoms with van der Waals surface area (Å²) in [4.78, 5) is 0. The molecule has 44 heavy (non-hydrogen) atoms. The van der Waals surface area contributed by atoms with Gasteiger partial charge in [0, 0.05) is 20.2 Å². The van der Waals surface area contributed by atoms with E-state index in [1.54, 1.807) is 0 Å². The Morgan fingerprint density at radius 1 is 0.477 bits per heavy atom. The van der Waals surface area contributed by atoms with Crippen LogP contribution in [0, 0.1) is 0 Å². The molecule has 0 saturated carbocycles. The van der Waals surface area contributed by atoms with Crippen molar-refractivity contribution in [3.8, 4) is 33.4 Å². The zero-order chi connectivity index (χ0) is 29.6. The number of thiophene rings is 1. The van der Waals surface area contributed by atoms with Crippen LogP contribution in [0.3, 0.4) is 0 Å². The quantitative estimate of drug-likeness (QED) is 0.195. The van der Waals surface area contributed by atoms with Gasteiger partial charge in [-0.25, -0.2) is 0 Å². The second-order valence-corrected chi connectivity index (χ2v) is 12.3. The van der Waals surface area contributed by atoms with Crippen LogP contribution < -0.4 is 10.4 Å². The lowest BCUT2D eigenvalue weighted by Crippen LogP contribution is -2.29. The van der Waals surface area contributed by atoms with Gasteiger partial charge in [0.25, 0.3) is 0 Å². The van der Waals surface area contributed by atoms with Gasteiger partial charge >= 0.3 is 0 Å². The van der Waals surface area contributed by atoms with Crippen LogP contribution in [0.1, 0.15) is 6.92 Å². The van der Waals surface area contributed by atoms with Gasteiger partial charge in [0.05, 0.1) is 0 Å². The number of hydrogen-bond acceptors (Lipinski definition) is 1. The van der Waals surface area contributed by atoms with Crippen LogP contribution in [0.4, 0.5) is 0 Å². The third-order valence-corrected chi connectivity index (χ3v) is 9.94. The van der Waals surface area contributed by atoms with E-state index < -0.39 is 0 Å². The Labute approximate surface area is 261 Å². The molecule has 1 heterocycles. The van der Waals surface area contributed by atoms with Crippen molar-refractivity contribution < 1.29 is 0 Å². The van der Waals surface area contributed by atoms with Crippen molar-refractivity contribution >= 4 is 65.2 Å². The summed E-state index contributed by atoms with van der Waals surface area (Å²) in [6, 6.07) is 48.9. The van der Waals surface area contributed by atoms with E-state index >= 15 is 0 Å². The maximum atomic E-state index is 4.11. The molecule has 8 rings (SSSR count). The molecule has 0 nitrogen and oxygen atoms in total. The molecule has 0 atom stereocenters. The molecule has 0 spiro atoms. The highest BCUT2D eigenvalue weighted by Gasteiger charge is 2.15. The van der Waals surface area contributed by atoms with Gasteiger partial charge in [-0.2, -0.15) is 0 Å². The molecule has 0 amide bonds. The van der Waals surface area contributed by atoms with Crippen molar-refractivity contribution in [1.29, 1.82) is 0 Å². The van der Waals surface area contributed by atoms with E-state index in [1.807, 2.05) is 17.4 Å². The second-order valence-electron chi connectivity index (χ2n) is 11.3.